The molecule has 1 unspecified atom stereocenters. The van der Waals surface area contributed by atoms with E-state index in [4.69, 9.17) is 17.3 Å². The SMILES string of the molecule is CC(N)Cc1ccc(Sc2nnnn2C2CC2)c(Cl)c1. The molecule has 5 nitrogen and oxygen atoms in total. The average Bonchev–Trinajstić information content (AvgIpc) is 3.12. The molecule has 3 rings (SSSR count). The molecule has 1 heterocycles. The van der Waals surface area contributed by atoms with Crippen molar-refractivity contribution in [2.45, 2.75) is 48.3 Å². The van der Waals surface area contributed by atoms with Gasteiger partial charge in [0.15, 0.2) is 0 Å². The molecule has 1 fully saturated rings. The number of halogens is 1. The Balaban J connectivity index is 1.78. The van der Waals surface area contributed by atoms with Crippen molar-refractivity contribution >= 4 is 23.4 Å². The summed E-state index contributed by atoms with van der Waals surface area (Å²) in [5.74, 6) is 0. The Morgan fingerprint density at radius 3 is 2.95 bits per heavy atom. The molecule has 1 aliphatic rings. The Bertz CT molecular complexity index is 609. The summed E-state index contributed by atoms with van der Waals surface area (Å²) >= 11 is 7.84. The zero-order valence-corrected chi connectivity index (χ0v) is 12.7. The minimum atomic E-state index is 0.131. The molecule has 0 bridgehead atoms. The van der Waals surface area contributed by atoms with Crippen LogP contribution in [0.2, 0.25) is 5.02 Å². The van der Waals surface area contributed by atoms with Crippen molar-refractivity contribution in [3.8, 4) is 0 Å². The normalized spacial score (nSPS) is 16.4. The van der Waals surface area contributed by atoms with E-state index in [0.29, 0.717) is 6.04 Å². The molecule has 2 aromatic rings. The molecule has 20 heavy (non-hydrogen) atoms. The number of hydrogen-bond acceptors (Lipinski definition) is 5. The van der Waals surface area contributed by atoms with Crippen molar-refractivity contribution in [2.24, 2.45) is 5.73 Å². The number of benzene rings is 1. The number of hydrogen-bond donors (Lipinski definition) is 1. The second kappa shape index (κ2) is 5.71. The topological polar surface area (TPSA) is 69.6 Å². The number of aromatic nitrogens is 4. The van der Waals surface area contributed by atoms with Gasteiger partial charge >= 0.3 is 0 Å². The molecule has 1 saturated carbocycles. The molecule has 0 saturated heterocycles. The third-order valence-corrected chi connectivity index (χ3v) is 4.56. The molecule has 0 spiro atoms. The number of rotatable bonds is 5. The summed E-state index contributed by atoms with van der Waals surface area (Å²) in [4.78, 5) is 0.969. The molecule has 1 aromatic heterocycles. The van der Waals surface area contributed by atoms with E-state index in [2.05, 4.69) is 21.6 Å². The fourth-order valence-corrected chi connectivity index (χ4v) is 3.19. The predicted molar refractivity (Wildman–Crippen MR) is 79.0 cm³/mol. The van der Waals surface area contributed by atoms with Crippen LogP contribution in [0.4, 0.5) is 0 Å². The van der Waals surface area contributed by atoms with Gasteiger partial charge in [-0.2, -0.15) is 0 Å². The molecule has 1 aliphatic carbocycles. The molecule has 1 atom stereocenters. The minimum absolute atomic E-state index is 0.131. The lowest BCUT2D eigenvalue weighted by molar-refractivity contribution is 0.565. The third-order valence-electron chi connectivity index (χ3n) is 3.11. The van der Waals surface area contributed by atoms with Gasteiger partial charge in [0.1, 0.15) is 0 Å². The summed E-state index contributed by atoms with van der Waals surface area (Å²) < 4.78 is 1.89. The van der Waals surface area contributed by atoms with Crippen molar-refractivity contribution in [1.82, 2.24) is 20.2 Å². The Labute approximate surface area is 126 Å². The second-order valence-corrected chi connectivity index (χ2v) is 6.60. The van der Waals surface area contributed by atoms with E-state index in [1.807, 2.05) is 23.7 Å². The van der Waals surface area contributed by atoms with Crippen molar-refractivity contribution in [2.75, 3.05) is 0 Å². The number of nitrogens with two attached hydrogens (primary N) is 1. The average molecular weight is 310 g/mol. The first kappa shape index (κ1) is 13.9. The number of nitrogens with zero attached hydrogens (tertiary/aromatic N) is 4. The highest BCUT2D eigenvalue weighted by Gasteiger charge is 2.28. The zero-order valence-electron chi connectivity index (χ0n) is 11.2. The lowest BCUT2D eigenvalue weighted by Gasteiger charge is -2.08. The van der Waals surface area contributed by atoms with Crippen LogP contribution in [-0.2, 0) is 6.42 Å². The van der Waals surface area contributed by atoms with E-state index in [9.17, 15) is 0 Å². The second-order valence-electron chi connectivity index (χ2n) is 5.19. The smallest absolute Gasteiger partial charge is 0.214 e. The highest BCUT2D eigenvalue weighted by atomic mass is 35.5. The maximum Gasteiger partial charge on any atom is 0.214 e. The first-order valence-electron chi connectivity index (χ1n) is 6.63. The van der Waals surface area contributed by atoms with Gasteiger partial charge in [-0.25, -0.2) is 4.68 Å². The maximum absolute atomic E-state index is 6.34. The Morgan fingerprint density at radius 1 is 1.50 bits per heavy atom. The van der Waals surface area contributed by atoms with Crippen molar-refractivity contribution in [3.63, 3.8) is 0 Å². The minimum Gasteiger partial charge on any atom is -0.328 e. The van der Waals surface area contributed by atoms with Crippen molar-refractivity contribution in [1.29, 1.82) is 0 Å². The van der Waals surface area contributed by atoms with Crippen LogP contribution in [0.25, 0.3) is 0 Å². The van der Waals surface area contributed by atoms with E-state index < -0.39 is 0 Å². The zero-order chi connectivity index (χ0) is 14.1. The molecular formula is C13H16ClN5S. The lowest BCUT2D eigenvalue weighted by Crippen LogP contribution is -2.17. The van der Waals surface area contributed by atoms with E-state index in [1.165, 1.54) is 11.8 Å². The molecule has 0 radical (unpaired) electrons. The Kier molecular flexibility index (Phi) is 3.96. The lowest BCUT2D eigenvalue weighted by atomic mass is 10.1. The Hall–Kier alpha value is -1.11. The highest BCUT2D eigenvalue weighted by molar-refractivity contribution is 7.99. The van der Waals surface area contributed by atoms with E-state index >= 15 is 0 Å². The summed E-state index contributed by atoms with van der Waals surface area (Å²) in [6.07, 6.45) is 3.13. The molecule has 106 valence electrons. The van der Waals surface area contributed by atoms with Gasteiger partial charge in [0.25, 0.3) is 0 Å². The summed E-state index contributed by atoms with van der Waals surface area (Å²) in [7, 11) is 0. The van der Waals surface area contributed by atoms with Crippen LogP contribution >= 0.6 is 23.4 Å². The maximum atomic E-state index is 6.34. The molecule has 7 heteroatoms. The van der Waals surface area contributed by atoms with Crippen molar-refractivity contribution < 1.29 is 0 Å². The largest absolute Gasteiger partial charge is 0.328 e. The van der Waals surface area contributed by atoms with Gasteiger partial charge in [0.2, 0.25) is 5.16 Å². The Morgan fingerprint density at radius 2 is 2.30 bits per heavy atom. The van der Waals surface area contributed by atoms with Gasteiger partial charge in [-0.3, -0.25) is 0 Å². The van der Waals surface area contributed by atoms with Crippen LogP contribution in [0, 0.1) is 0 Å². The first-order valence-corrected chi connectivity index (χ1v) is 7.82. The summed E-state index contributed by atoms with van der Waals surface area (Å²) in [5, 5.41) is 13.4. The van der Waals surface area contributed by atoms with E-state index in [1.54, 1.807) is 0 Å². The molecule has 0 aliphatic heterocycles. The van der Waals surface area contributed by atoms with Crippen LogP contribution in [0.5, 0.6) is 0 Å². The van der Waals surface area contributed by atoms with Crippen LogP contribution in [0.3, 0.4) is 0 Å². The van der Waals surface area contributed by atoms with Crippen LogP contribution in [0.15, 0.2) is 28.3 Å². The molecule has 0 amide bonds. The molecule has 2 N–H and O–H groups in total. The van der Waals surface area contributed by atoms with Gasteiger partial charge in [-0.15, -0.1) is 5.10 Å². The molecule has 1 aromatic carbocycles. The quantitative estimate of drug-likeness (QED) is 0.919. The summed E-state index contributed by atoms with van der Waals surface area (Å²) in [5.41, 5.74) is 6.95. The fraction of sp³-hybridized carbons (Fsp3) is 0.462. The van der Waals surface area contributed by atoms with Crippen molar-refractivity contribution in [3.05, 3.63) is 28.8 Å². The third kappa shape index (κ3) is 3.13. The first-order chi connectivity index (χ1) is 9.63. The van der Waals surface area contributed by atoms with Gasteiger partial charge in [0.05, 0.1) is 11.1 Å². The van der Waals surface area contributed by atoms with E-state index in [-0.39, 0.29) is 6.04 Å². The van der Waals surface area contributed by atoms with Crippen LogP contribution in [-0.4, -0.2) is 26.2 Å². The van der Waals surface area contributed by atoms with E-state index in [0.717, 1.165) is 39.9 Å². The van der Waals surface area contributed by atoms with Gasteiger partial charge in [-0.05, 0) is 66.1 Å². The van der Waals surface area contributed by atoms with Gasteiger partial charge < -0.3 is 5.73 Å². The number of tetrazole rings is 1. The monoisotopic (exact) mass is 309 g/mol. The van der Waals surface area contributed by atoms with Gasteiger partial charge in [0, 0.05) is 10.9 Å². The fourth-order valence-electron chi connectivity index (χ4n) is 2.03. The van der Waals surface area contributed by atoms with Crippen LogP contribution in [0.1, 0.15) is 31.4 Å². The van der Waals surface area contributed by atoms with Gasteiger partial charge in [-0.1, -0.05) is 17.7 Å². The summed E-state index contributed by atoms with van der Waals surface area (Å²) in [6.45, 7) is 1.99. The molecular weight excluding hydrogens is 294 g/mol. The standard InChI is InChI=1S/C13H16ClN5S/c1-8(15)6-9-2-5-12(11(14)7-9)20-13-16-17-18-19(13)10-3-4-10/h2,5,7-8,10H,3-4,6,15H2,1H3. The summed E-state index contributed by atoms with van der Waals surface area (Å²) in [6, 6.07) is 6.63. The van der Waals surface area contributed by atoms with Crippen LogP contribution < -0.4 is 5.73 Å². The predicted octanol–water partition coefficient (Wildman–Crippen LogP) is 2.70. The highest BCUT2D eigenvalue weighted by Crippen LogP contribution is 2.39.